The van der Waals surface area contributed by atoms with Gasteiger partial charge in [-0.15, -0.1) is 11.6 Å². The summed E-state index contributed by atoms with van der Waals surface area (Å²) in [6.45, 7) is 0. The fraction of sp³-hybridized carbons (Fsp3) is 0.200. The number of halogens is 2. The summed E-state index contributed by atoms with van der Waals surface area (Å²) >= 11 is 11.5. The Morgan fingerprint density at radius 3 is 2.53 bits per heavy atom. The largest absolute Gasteiger partial charge is 0.478 e. The first-order chi connectivity index (χ1) is 8.66. The predicted molar refractivity (Wildman–Crippen MR) is 68.7 cm³/mol. The Morgan fingerprint density at radius 2 is 2.11 bits per heavy atom. The molecule has 102 valence electrons. The van der Waals surface area contributed by atoms with E-state index in [9.17, 15) is 13.2 Å². The minimum atomic E-state index is -4.18. The highest BCUT2D eigenvalue weighted by molar-refractivity contribution is 7.89. The van der Waals surface area contributed by atoms with Crippen molar-refractivity contribution in [1.82, 2.24) is 0 Å². The normalized spacial score (nSPS) is 12.7. The summed E-state index contributed by atoms with van der Waals surface area (Å²) in [7, 11) is -4.18. The fourth-order valence-electron chi connectivity index (χ4n) is 1.37. The van der Waals surface area contributed by atoms with E-state index in [4.69, 9.17) is 38.7 Å². The zero-order chi connectivity index (χ0) is 14.8. The maximum atomic E-state index is 11.3. The van der Waals surface area contributed by atoms with E-state index in [0.29, 0.717) is 0 Å². The van der Waals surface area contributed by atoms with Crippen molar-refractivity contribution in [2.24, 2.45) is 5.14 Å². The van der Waals surface area contributed by atoms with Gasteiger partial charge < -0.3 is 5.11 Å². The number of benzene rings is 1. The van der Waals surface area contributed by atoms with Gasteiger partial charge in [0, 0.05) is 6.42 Å². The Hall–Kier alpha value is -1.33. The molecular weight excluding hydrogens is 315 g/mol. The third-order valence-electron chi connectivity index (χ3n) is 2.21. The van der Waals surface area contributed by atoms with E-state index in [2.05, 4.69) is 0 Å². The van der Waals surface area contributed by atoms with Crippen LogP contribution in [-0.2, 0) is 16.4 Å². The second kappa shape index (κ2) is 5.75. The number of hydrogen-bond donors (Lipinski definition) is 2. The summed E-state index contributed by atoms with van der Waals surface area (Å²) in [4.78, 5) is 10.4. The van der Waals surface area contributed by atoms with E-state index < -0.39 is 26.3 Å². The number of sulfonamides is 1. The van der Waals surface area contributed by atoms with Gasteiger partial charge in [-0.25, -0.2) is 18.4 Å². The molecule has 0 heterocycles. The average Bonchev–Trinajstić information content (AvgIpc) is 2.29. The minimum absolute atomic E-state index is 0.0967. The number of alkyl halides is 1. The number of aromatic carboxylic acids is 1. The summed E-state index contributed by atoms with van der Waals surface area (Å²) in [6.07, 6.45) is -0.0967. The van der Waals surface area contributed by atoms with Crippen molar-refractivity contribution in [3.05, 3.63) is 28.3 Å². The van der Waals surface area contributed by atoms with E-state index in [0.717, 1.165) is 12.1 Å². The molecule has 1 aromatic carbocycles. The fourth-order valence-corrected chi connectivity index (χ4v) is 2.72. The van der Waals surface area contributed by atoms with Gasteiger partial charge in [0.25, 0.3) is 0 Å². The molecule has 0 aliphatic heterocycles. The molecule has 0 aliphatic carbocycles. The highest BCUT2D eigenvalue weighted by atomic mass is 35.5. The van der Waals surface area contributed by atoms with Crippen LogP contribution in [0.2, 0.25) is 5.02 Å². The molecule has 0 fully saturated rings. The number of rotatable bonds is 4. The lowest BCUT2D eigenvalue weighted by molar-refractivity contribution is 0.0696. The zero-order valence-corrected chi connectivity index (χ0v) is 11.6. The molecule has 1 aromatic rings. The van der Waals surface area contributed by atoms with E-state index in [1.54, 1.807) is 6.07 Å². The van der Waals surface area contributed by atoms with Crippen LogP contribution in [0.25, 0.3) is 0 Å². The molecule has 0 radical (unpaired) electrons. The number of carboxylic acids is 1. The Kier molecular flexibility index (Phi) is 4.76. The van der Waals surface area contributed by atoms with Crippen molar-refractivity contribution in [2.75, 3.05) is 0 Å². The first-order valence-electron chi connectivity index (χ1n) is 4.79. The average molecular weight is 323 g/mol. The van der Waals surface area contributed by atoms with Crippen LogP contribution in [0.3, 0.4) is 0 Å². The molecule has 1 unspecified atom stereocenters. The van der Waals surface area contributed by atoms with Gasteiger partial charge in [0.2, 0.25) is 10.0 Å². The summed E-state index contributed by atoms with van der Waals surface area (Å²) in [5.74, 6) is -1.34. The van der Waals surface area contributed by atoms with E-state index in [1.165, 1.54) is 0 Å². The van der Waals surface area contributed by atoms with Crippen LogP contribution >= 0.6 is 23.2 Å². The molecule has 0 spiro atoms. The highest BCUT2D eigenvalue weighted by Crippen LogP contribution is 2.28. The molecular formula is C10H8Cl2N2O4S. The molecule has 0 aromatic heterocycles. The van der Waals surface area contributed by atoms with Crippen LogP contribution in [0.5, 0.6) is 0 Å². The number of carboxylic acid groups (broad SMARTS) is 1. The van der Waals surface area contributed by atoms with Crippen molar-refractivity contribution in [1.29, 1.82) is 5.26 Å². The summed E-state index contributed by atoms with van der Waals surface area (Å²) < 4.78 is 22.7. The summed E-state index contributed by atoms with van der Waals surface area (Å²) in [6, 6.07) is 3.75. The topological polar surface area (TPSA) is 121 Å². The Bertz CT molecular complexity index is 667. The lowest BCUT2D eigenvalue weighted by Crippen LogP contribution is -2.15. The molecule has 6 nitrogen and oxygen atoms in total. The first kappa shape index (κ1) is 15.7. The Morgan fingerprint density at radius 1 is 1.53 bits per heavy atom. The van der Waals surface area contributed by atoms with E-state index in [1.807, 2.05) is 0 Å². The van der Waals surface area contributed by atoms with Crippen LogP contribution in [0.1, 0.15) is 15.9 Å². The molecule has 3 N–H and O–H groups in total. The third kappa shape index (κ3) is 3.81. The molecule has 0 aliphatic rings. The number of nitrogens with zero attached hydrogens (tertiary/aromatic N) is 1. The van der Waals surface area contributed by atoms with Gasteiger partial charge in [0.15, 0.2) is 0 Å². The van der Waals surface area contributed by atoms with Gasteiger partial charge in [0.05, 0.1) is 16.7 Å². The Labute approximate surface area is 119 Å². The SMILES string of the molecule is N#CC(Cl)Cc1cc(C(=O)O)cc(S(N)(=O)=O)c1Cl. The number of nitrogens with two attached hydrogens (primary N) is 1. The second-order valence-electron chi connectivity index (χ2n) is 3.60. The van der Waals surface area contributed by atoms with Gasteiger partial charge in [-0.3, -0.25) is 0 Å². The molecule has 0 bridgehead atoms. The smallest absolute Gasteiger partial charge is 0.335 e. The Balaban J connectivity index is 3.51. The summed E-state index contributed by atoms with van der Waals surface area (Å²) in [5, 5.41) is 21.3. The van der Waals surface area contributed by atoms with E-state index >= 15 is 0 Å². The van der Waals surface area contributed by atoms with Crippen molar-refractivity contribution < 1.29 is 18.3 Å². The van der Waals surface area contributed by atoms with Crippen LogP contribution in [0.4, 0.5) is 0 Å². The van der Waals surface area contributed by atoms with Crippen molar-refractivity contribution >= 4 is 39.2 Å². The zero-order valence-electron chi connectivity index (χ0n) is 9.30. The standard InChI is InChI=1S/C10H8Cl2N2O4S/c11-7(4-13)2-5-1-6(10(15)16)3-8(9(5)12)19(14,17)18/h1,3,7H,2H2,(H,15,16)(H2,14,17,18). The lowest BCUT2D eigenvalue weighted by atomic mass is 10.1. The molecule has 0 saturated heterocycles. The van der Waals surface area contributed by atoms with Crippen molar-refractivity contribution in [3.8, 4) is 6.07 Å². The third-order valence-corrected chi connectivity index (χ3v) is 3.95. The maximum absolute atomic E-state index is 11.3. The van der Waals surface area contributed by atoms with Gasteiger partial charge in [-0.05, 0) is 17.7 Å². The maximum Gasteiger partial charge on any atom is 0.335 e. The van der Waals surface area contributed by atoms with Crippen LogP contribution in [-0.4, -0.2) is 24.9 Å². The molecule has 1 rings (SSSR count). The quantitative estimate of drug-likeness (QED) is 0.810. The number of hydrogen-bond acceptors (Lipinski definition) is 4. The van der Waals surface area contributed by atoms with Gasteiger partial charge in [0.1, 0.15) is 10.3 Å². The highest BCUT2D eigenvalue weighted by Gasteiger charge is 2.21. The van der Waals surface area contributed by atoms with Crippen LogP contribution < -0.4 is 5.14 Å². The van der Waals surface area contributed by atoms with Crippen molar-refractivity contribution in [2.45, 2.75) is 16.7 Å². The lowest BCUT2D eigenvalue weighted by Gasteiger charge is -2.10. The molecule has 9 heteroatoms. The van der Waals surface area contributed by atoms with Gasteiger partial charge >= 0.3 is 5.97 Å². The number of primary sulfonamides is 1. The van der Waals surface area contributed by atoms with E-state index in [-0.39, 0.29) is 22.6 Å². The second-order valence-corrected chi connectivity index (χ2v) is 6.03. The molecule has 19 heavy (non-hydrogen) atoms. The monoisotopic (exact) mass is 322 g/mol. The van der Waals surface area contributed by atoms with Crippen molar-refractivity contribution in [3.63, 3.8) is 0 Å². The van der Waals surface area contributed by atoms with Crippen LogP contribution in [0, 0.1) is 11.3 Å². The molecule has 0 amide bonds. The number of nitriles is 1. The summed E-state index contributed by atoms with van der Waals surface area (Å²) in [5.41, 5.74) is -0.169. The van der Waals surface area contributed by atoms with Gasteiger partial charge in [-0.2, -0.15) is 5.26 Å². The molecule has 1 atom stereocenters. The van der Waals surface area contributed by atoms with Crippen LogP contribution in [0.15, 0.2) is 17.0 Å². The minimum Gasteiger partial charge on any atom is -0.478 e. The number of carbonyl (C=O) groups is 1. The first-order valence-corrected chi connectivity index (χ1v) is 7.15. The molecule has 0 saturated carbocycles. The van der Waals surface area contributed by atoms with Gasteiger partial charge in [-0.1, -0.05) is 11.6 Å². The predicted octanol–water partition coefficient (Wildman–Crippen LogP) is 1.36.